The normalized spacial score (nSPS) is 32.0. The van der Waals surface area contributed by atoms with Gasteiger partial charge in [0.2, 0.25) is 11.8 Å². The van der Waals surface area contributed by atoms with Gasteiger partial charge in [0.1, 0.15) is 12.4 Å². The Morgan fingerprint density at radius 1 is 1.02 bits per heavy atom. The van der Waals surface area contributed by atoms with E-state index >= 15 is 0 Å². The van der Waals surface area contributed by atoms with Crippen LogP contribution in [0.4, 0.5) is 5.69 Å². The number of hydrogen-bond donors (Lipinski definition) is 2. The van der Waals surface area contributed by atoms with Crippen molar-refractivity contribution < 1.29 is 38.9 Å². The number of ether oxygens (including phenoxy) is 1. The smallest absolute Gasteiger partial charge is 0.335 e. The van der Waals surface area contributed by atoms with Gasteiger partial charge < -0.3 is 14.9 Å². The molecule has 10 nitrogen and oxygen atoms in total. The maximum atomic E-state index is 14.1. The number of aromatic carboxylic acids is 1. The molecule has 4 amide bonds. The van der Waals surface area contributed by atoms with Gasteiger partial charge in [-0.15, -0.1) is 23.2 Å². The van der Waals surface area contributed by atoms with Crippen molar-refractivity contribution in [2.24, 2.45) is 17.8 Å². The van der Waals surface area contributed by atoms with E-state index in [0.717, 1.165) is 9.80 Å². The molecule has 6 rings (SSSR count). The molecule has 0 aromatic heterocycles. The predicted molar refractivity (Wildman–Crippen MR) is 150 cm³/mol. The molecule has 42 heavy (non-hydrogen) atoms. The standard InChI is InChI=1S/C30H26Cl2N2O8/c1-33-27(40)29(31)14-20-17(23(30(29,32)28(33)41)18-7-2-3-8-21(18)42-12-11-35)9-10-19-22(20)25(37)34(24(19)36)16-6-4-5-15(13-16)26(38)39/h2-9,13,19-20,22-23,35H,10-12,14H2,1H3,(H,38,39). The van der Waals surface area contributed by atoms with E-state index in [4.69, 9.17) is 27.9 Å². The number of nitrogens with zero attached hydrogens (tertiary/aromatic N) is 2. The first-order chi connectivity index (χ1) is 20.0. The molecule has 2 aromatic carbocycles. The second kappa shape index (κ2) is 9.93. The second-order valence-corrected chi connectivity index (χ2v) is 12.2. The number of imide groups is 2. The molecule has 0 radical (unpaired) electrons. The van der Waals surface area contributed by atoms with Gasteiger partial charge in [0.05, 0.1) is 29.7 Å². The number of anilines is 1. The van der Waals surface area contributed by atoms with Crippen molar-refractivity contribution >= 4 is 58.5 Å². The molecule has 2 saturated heterocycles. The van der Waals surface area contributed by atoms with Crippen molar-refractivity contribution in [3.8, 4) is 5.75 Å². The number of hydrogen-bond acceptors (Lipinski definition) is 7. The zero-order valence-electron chi connectivity index (χ0n) is 22.3. The Bertz CT molecular complexity index is 1590. The van der Waals surface area contributed by atoms with E-state index in [-0.39, 0.29) is 37.3 Å². The number of carboxylic acids is 1. The lowest BCUT2D eigenvalue weighted by molar-refractivity contribution is -0.138. The van der Waals surface area contributed by atoms with Crippen LogP contribution in [0.5, 0.6) is 5.75 Å². The molecule has 3 fully saturated rings. The molecule has 4 aliphatic rings. The van der Waals surface area contributed by atoms with Crippen molar-refractivity contribution in [2.45, 2.75) is 28.5 Å². The monoisotopic (exact) mass is 612 g/mol. The molecule has 0 bridgehead atoms. The van der Waals surface area contributed by atoms with Gasteiger partial charge in [-0.3, -0.25) is 29.0 Å². The molecule has 6 atom stereocenters. The van der Waals surface area contributed by atoms with Crippen molar-refractivity contribution in [2.75, 3.05) is 25.2 Å². The molecule has 6 unspecified atom stereocenters. The number of para-hydroxylation sites is 1. The number of carbonyl (C=O) groups is 5. The number of fused-ring (bicyclic) bond motifs is 4. The van der Waals surface area contributed by atoms with Crippen molar-refractivity contribution in [1.29, 1.82) is 0 Å². The molecule has 218 valence electrons. The van der Waals surface area contributed by atoms with Crippen LogP contribution >= 0.6 is 23.2 Å². The first-order valence-corrected chi connectivity index (χ1v) is 14.2. The van der Waals surface area contributed by atoms with E-state index in [1.807, 2.05) is 0 Å². The number of amides is 4. The van der Waals surface area contributed by atoms with E-state index in [0.29, 0.717) is 16.9 Å². The summed E-state index contributed by atoms with van der Waals surface area (Å²) in [6.45, 7) is -0.308. The van der Waals surface area contributed by atoms with Gasteiger partial charge in [-0.25, -0.2) is 4.79 Å². The first kappa shape index (κ1) is 28.4. The van der Waals surface area contributed by atoms with Gasteiger partial charge >= 0.3 is 5.97 Å². The van der Waals surface area contributed by atoms with Gasteiger partial charge in [-0.05, 0) is 43.0 Å². The van der Waals surface area contributed by atoms with Gasteiger partial charge in [0, 0.05) is 18.5 Å². The minimum atomic E-state index is -1.96. The number of carbonyl (C=O) groups excluding carboxylic acids is 4. The summed E-state index contributed by atoms with van der Waals surface area (Å²) in [5.41, 5.74) is 1.11. The summed E-state index contributed by atoms with van der Waals surface area (Å²) in [6.07, 6.45) is 1.79. The fourth-order valence-electron chi connectivity index (χ4n) is 7.13. The average molecular weight is 613 g/mol. The Labute approximate surface area is 250 Å². The summed E-state index contributed by atoms with van der Waals surface area (Å²) in [5.74, 6) is -6.74. The lowest BCUT2D eigenvalue weighted by Crippen LogP contribution is -2.60. The Morgan fingerprint density at radius 2 is 1.76 bits per heavy atom. The van der Waals surface area contributed by atoms with Crippen LogP contribution in [0.2, 0.25) is 0 Å². The molecule has 2 N–H and O–H groups in total. The summed E-state index contributed by atoms with van der Waals surface area (Å²) < 4.78 is 5.80. The van der Waals surface area contributed by atoms with E-state index < -0.39 is 63.0 Å². The lowest BCUT2D eigenvalue weighted by atomic mass is 9.56. The number of benzene rings is 2. The van der Waals surface area contributed by atoms with E-state index in [2.05, 4.69) is 0 Å². The van der Waals surface area contributed by atoms with Crippen molar-refractivity contribution in [1.82, 2.24) is 4.90 Å². The fraction of sp³-hybridized carbons (Fsp3) is 0.367. The maximum absolute atomic E-state index is 14.1. The van der Waals surface area contributed by atoms with E-state index in [1.165, 1.54) is 31.3 Å². The summed E-state index contributed by atoms with van der Waals surface area (Å²) in [4.78, 5) is 64.6. The minimum absolute atomic E-state index is 0.0393. The van der Waals surface area contributed by atoms with Gasteiger partial charge in [-0.2, -0.15) is 0 Å². The number of halogens is 2. The highest BCUT2D eigenvalue weighted by molar-refractivity contribution is 6.53. The third-order valence-corrected chi connectivity index (χ3v) is 10.4. The molecule has 2 aliphatic carbocycles. The Kier molecular flexibility index (Phi) is 6.71. The van der Waals surface area contributed by atoms with Crippen molar-refractivity contribution in [3.05, 3.63) is 71.3 Å². The summed E-state index contributed by atoms with van der Waals surface area (Å²) >= 11 is 14.4. The number of allylic oxidation sites excluding steroid dienone is 2. The largest absolute Gasteiger partial charge is 0.491 e. The number of alkyl halides is 2. The quantitative estimate of drug-likeness (QED) is 0.288. The van der Waals surface area contributed by atoms with Crippen LogP contribution in [-0.2, 0) is 19.2 Å². The van der Waals surface area contributed by atoms with Crippen LogP contribution < -0.4 is 9.64 Å². The van der Waals surface area contributed by atoms with Crippen LogP contribution in [-0.4, -0.2) is 74.7 Å². The Balaban J connectivity index is 1.50. The minimum Gasteiger partial charge on any atom is -0.491 e. The number of aliphatic hydroxyl groups excluding tert-OH is 1. The van der Waals surface area contributed by atoms with E-state index in [9.17, 15) is 34.2 Å². The van der Waals surface area contributed by atoms with Gasteiger partial charge in [0.25, 0.3) is 11.8 Å². The van der Waals surface area contributed by atoms with E-state index in [1.54, 1.807) is 30.3 Å². The third kappa shape index (κ3) is 3.71. The van der Waals surface area contributed by atoms with Crippen LogP contribution in [0, 0.1) is 17.8 Å². The summed E-state index contributed by atoms with van der Waals surface area (Å²) in [7, 11) is 1.31. The molecule has 2 aliphatic heterocycles. The highest BCUT2D eigenvalue weighted by atomic mass is 35.5. The van der Waals surface area contributed by atoms with Crippen molar-refractivity contribution in [3.63, 3.8) is 0 Å². The number of rotatable bonds is 6. The topological polar surface area (TPSA) is 142 Å². The van der Waals surface area contributed by atoms with Crippen LogP contribution in [0.25, 0.3) is 0 Å². The van der Waals surface area contributed by atoms with Crippen LogP contribution in [0.3, 0.4) is 0 Å². The number of likely N-dealkylation sites (tertiary alicyclic amines) is 1. The average Bonchev–Trinajstić information content (AvgIpc) is 3.31. The zero-order valence-corrected chi connectivity index (χ0v) is 23.8. The van der Waals surface area contributed by atoms with Crippen LogP contribution in [0.15, 0.2) is 60.2 Å². The van der Waals surface area contributed by atoms with Gasteiger partial charge in [-0.1, -0.05) is 35.9 Å². The number of aliphatic hydroxyl groups is 1. The lowest BCUT2D eigenvalue weighted by Gasteiger charge is -2.51. The molecule has 1 saturated carbocycles. The molecule has 2 aromatic rings. The fourth-order valence-corrected chi connectivity index (χ4v) is 8.14. The highest BCUT2D eigenvalue weighted by Crippen LogP contribution is 2.66. The first-order valence-electron chi connectivity index (χ1n) is 13.4. The molecule has 0 spiro atoms. The summed E-state index contributed by atoms with van der Waals surface area (Å²) in [5, 5.41) is 18.9. The number of carboxylic acid groups (broad SMARTS) is 1. The van der Waals surface area contributed by atoms with Gasteiger partial charge in [0.15, 0.2) is 9.75 Å². The Hall–Kier alpha value is -3.73. The second-order valence-electron chi connectivity index (χ2n) is 11.0. The predicted octanol–water partition coefficient (Wildman–Crippen LogP) is 2.95. The summed E-state index contributed by atoms with van der Waals surface area (Å²) in [6, 6.07) is 12.4. The molecule has 2 heterocycles. The molecule has 12 heteroatoms. The zero-order chi connectivity index (χ0) is 30.1. The highest BCUT2D eigenvalue weighted by Gasteiger charge is 2.76. The van der Waals surface area contributed by atoms with Crippen LogP contribution in [0.1, 0.15) is 34.7 Å². The Morgan fingerprint density at radius 3 is 2.48 bits per heavy atom. The SMILES string of the molecule is CN1C(=O)C2(Cl)CC3C(=CCC4C(=O)N(c5cccc(C(=O)O)c5)C(=O)C43)C(c3ccccc3OCCO)C2(Cl)C1=O. The molecular weight excluding hydrogens is 587 g/mol. The third-order valence-electron chi connectivity index (χ3n) is 8.94. The maximum Gasteiger partial charge on any atom is 0.335 e. The molecular formula is C30H26Cl2N2O8.